The maximum absolute atomic E-state index is 3.82. The Kier molecular flexibility index (Phi) is 7.54. The molecule has 3 heteroatoms. The third-order valence-electron chi connectivity index (χ3n) is 12.1. The van der Waals surface area contributed by atoms with Crippen molar-refractivity contribution < 1.29 is 0 Å². The van der Waals surface area contributed by atoms with Crippen molar-refractivity contribution in [3.8, 4) is 33.6 Å². The average Bonchev–Trinajstić information content (AvgIpc) is 3.80. The molecule has 10 aromatic carbocycles. The van der Waals surface area contributed by atoms with Crippen molar-refractivity contribution in [3.63, 3.8) is 0 Å². The van der Waals surface area contributed by atoms with Crippen molar-refractivity contribution in [2.75, 3.05) is 5.32 Å². The van der Waals surface area contributed by atoms with Gasteiger partial charge in [-0.1, -0.05) is 146 Å². The minimum Gasteiger partial charge on any atom is -0.355 e. The van der Waals surface area contributed by atoms with Crippen LogP contribution in [0.2, 0.25) is 0 Å². The average molecular weight is 752 g/mol. The summed E-state index contributed by atoms with van der Waals surface area (Å²) in [6.45, 7) is 0. The second-order valence-corrected chi connectivity index (χ2v) is 15.5. The van der Waals surface area contributed by atoms with E-state index < -0.39 is 0 Å². The maximum Gasteiger partial charge on any atom is 0.0548 e. The highest BCUT2D eigenvalue weighted by Gasteiger charge is 2.20. The number of nitrogens with zero attached hydrogens (tertiary/aromatic N) is 2. The summed E-state index contributed by atoms with van der Waals surface area (Å²) >= 11 is 0. The van der Waals surface area contributed by atoms with Gasteiger partial charge in [0.1, 0.15) is 0 Å². The molecule has 2 heterocycles. The summed E-state index contributed by atoms with van der Waals surface area (Å²) in [6, 6.07) is 79.4. The first-order valence-corrected chi connectivity index (χ1v) is 20.3. The van der Waals surface area contributed by atoms with Crippen molar-refractivity contribution in [3.05, 3.63) is 218 Å². The van der Waals surface area contributed by atoms with Crippen LogP contribution in [0.4, 0.5) is 11.4 Å². The molecule has 0 saturated carbocycles. The first kappa shape index (κ1) is 33.3. The molecule has 0 amide bonds. The smallest absolute Gasteiger partial charge is 0.0548 e. The molecule has 0 bridgehead atoms. The van der Waals surface area contributed by atoms with Gasteiger partial charge in [0.25, 0.3) is 0 Å². The van der Waals surface area contributed by atoms with E-state index in [0.29, 0.717) is 0 Å². The van der Waals surface area contributed by atoms with Gasteiger partial charge in [0.05, 0.1) is 22.1 Å². The normalized spacial score (nSPS) is 11.7. The summed E-state index contributed by atoms with van der Waals surface area (Å²) in [5.74, 6) is 0. The Morgan fingerprint density at radius 1 is 0.271 bits per heavy atom. The summed E-state index contributed by atoms with van der Waals surface area (Å²) in [4.78, 5) is 0. The van der Waals surface area contributed by atoms with E-state index in [9.17, 15) is 0 Å². The second-order valence-electron chi connectivity index (χ2n) is 15.5. The van der Waals surface area contributed by atoms with Gasteiger partial charge in [-0.2, -0.15) is 0 Å². The van der Waals surface area contributed by atoms with E-state index in [2.05, 4.69) is 233 Å². The first-order valence-electron chi connectivity index (χ1n) is 20.3. The molecule has 0 spiro atoms. The van der Waals surface area contributed by atoms with E-state index in [4.69, 9.17) is 0 Å². The first-order chi connectivity index (χ1) is 29.2. The van der Waals surface area contributed by atoms with E-state index in [1.807, 2.05) is 0 Å². The zero-order chi connectivity index (χ0) is 38.9. The van der Waals surface area contributed by atoms with Gasteiger partial charge in [-0.3, -0.25) is 0 Å². The van der Waals surface area contributed by atoms with E-state index in [-0.39, 0.29) is 0 Å². The third-order valence-corrected chi connectivity index (χ3v) is 12.1. The van der Waals surface area contributed by atoms with Crippen LogP contribution in [0, 0.1) is 0 Å². The summed E-state index contributed by atoms with van der Waals surface area (Å²) in [6.07, 6.45) is 0. The van der Waals surface area contributed by atoms with Crippen molar-refractivity contribution in [1.29, 1.82) is 0 Å². The standard InChI is InChI=1S/C56H37N3/c1-3-15-39(16-4-1)47-33-41(27-30-52(47)57-51-24-13-19-38-17-9-10-22-45(38)51)42-28-31-54-48(34-42)50-36-55-49(46-23-11-12-25-53(46)58(55)43-20-5-2-6-21-43)35-56(50)59(54)44-29-26-37-14-7-8-18-40(37)32-44/h1-36,57H. The van der Waals surface area contributed by atoms with Crippen LogP contribution in [0.5, 0.6) is 0 Å². The summed E-state index contributed by atoms with van der Waals surface area (Å²) in [5.41, 5.74) is 13.9. The van der Waals surface area contributed by atoms with E-state index in [1.165, 1.54) is 81.8 Å². The Balaban J connectivity index is 1.10. The molecule has 0 radical (unpaired) electrons. The molecule has 3 nitrogen and oxygen atoms in total. The maximum atomic E-state index is 3.82. The molecule has 0 aliphatic carbocycles. The Hall–Kier alpha value is -7.88. The van der Waals surface area contributed by atoms with Gasteiger partial charge in [-0.15, -0.1) is 0 Å². The SMILES string of the molecule is c1ccc(-c2cc(-c3ccc4c(c3)c3cc5c(cc3n4-c3ccc4ccccc4c3)c3ccccc3n5-c3ccccc3)ccc2Nc2cccc3ccccc23)cc1. The third kappa shape index (κ3) is 5.44. The van der Waals surface area contributed by atoms with E-state index in [0.717, 1.165) is 28.3 Å². The highest BCUT2D eigenvalue weighted by Crippen LogP contribution is 2.42. The molecule has 1 N–H and O–H groups in total. The number of rotatable bonds is 6. The molecule has 12 aromatic rings. The van der Waals surface area contributed by atoms with Crippen molar-refractivity contribution in [2.24, 2.45) is 0 Å². The van der Waals surface area contributed by atoms with Crippen LogP contribution in [0.1, 0.15) is 0 Å². The molecule has 59 heavy (non-hydrogen) atoms. The highest BCUT2D eigenvalue weighted by molar-refractivity contribution is 6.19. The number of fused-ring (bicyclic) bond motifs is 8. The van der Waals surface area contributed by atoms with Gasteiger partial charge in [0.15, 0.2) is 0 Å². The quantitative estimate of drug-likeness (QED) is 0.180. The molecule has 0 unspecified atom stereocenters. The Morgan fingerprint density at radius 2 is 0.864 bits per heavy atom. The van der Waals surface area contributed by atoms with Crippen LogP contribution in [-0.2, 0) is 0 Å². The van der Waals surface area contributed by atoms with Gasteiger partial charge in [-0.05, 0) is 106 Å². The fourth-order valence-electron chi connectivity index (χ4n) is 9.28. The minimum absolute atomic E-state index is 1.07. The topological polar surface area (TPSA) is 21.9 Å². The van der Waals surface area contributed by atoms with Crippen LogP contribution in [0.15, 0.2) is 218 Å². The van der Waals surface area contributed by atoms with Crippen LogP contribution >= 0.6 is 0 Å². The number of nitrogens with one attached hydrogen (secondary N) is 1. The predicted molar refractivity (Wildman–Crippen MR) is 251 cm³/mol. The number of aromatic nitrogens is 2. The fraction of sp³-hybridized carbons (Fsp3) is 0. The van der Waals surface area contributed by atoms with Gasteiger partial charge in [-0.25, -0.2) is 0 Å². The zero-order valence-electron chi connectivity index (χ0n) is 32.2. The Morgan fingerprint density at radius 3 is 1.69 bits per heavy atom. The van der Waals surface area contributed by atoms with Gasteiger partial charge in [0.2, 0.25) is 0 Å². The van der Waals surface area contributed by atoms with Crippen LogP contribution in [0.3, 0.4) is 0 Å². The molecule has 12 rings (SSSR count). The van der Waals surface area contributed by atoms with Gasteiger partial charge < -0.3 is 14.5 Å². The lowest BCUT2D eigenvalue weighted by atomic mass is 9.96. The molecular formula is C56H37N3. The molecule has 0 saturated heterocycles. The number of hydrogen-bond donors (Lipinski definition) is 1. The summed E-state index contributed by atoms with van der Waals surface area (Å²) in [5, 5.41) is 13.6. The second kappa shape index (κ2) is 13.4. The van der Waals surface area contributed by atoms with Crippen LogP contribution in [-0.4, -0.2) is 9.13 Å². The van der Waals surface area contributed by atoms with Gasteiger partial charge >= 0.3 is 0 Å². The lowest BCUT2D eigenvalue weighted by molar-refractivity contribution is 1.18. The van der Waals surface area contributed by atoms with E-state index >= 15 is 0 Å². The lowest BCUT2D eigenvalue weighted by Crippen LogP contribution is -1.95. The predicted octanol–water partition coefficient (Wildman–Crippen LogP) is 15.3. The fourth-order valence-corrected chi connectivity index (χ4v) is 9.28. The summed E-state index contributed by atoms with van der Waals surface area (Å²) in [7, 11) is 0. The number of anilines is 2. The van der Waals surface area contributed by atoms with Crippen molar-refractivity contribution in [1.82, 2.24) is 9.13 Å². The highest BCUT2D eigenvalue weighted by atomic mass is 15.0. The monoisotopic (exact) mass is 751 g/mol. The number of para-hydroxylation sites is 2. The molecule has 0 aliphatic heterocycles. The largest absolute Gasteiger partial charge is 0.355 e. The molecule has 276 valence electrons. The van der Waals surface area contributed by atoms with E-state index in [1.54, 1.807) is 0 Å². The van der Waals surface area contributed by atoms with Crippen LogP contribution in [0.25, 0.3) is 98.8 Å². The Bertz CT molecular complexity index is 3570. The van der Waals surface area contributed by atoms with Crippen molar-refractivity contribution >= 4 is 76.5 Å². The lowest BCUT2D eigenvalue weighted by Gasteiger charge is -2.16. The number of benzene rings is 10. The molecular weight excluding hydrogens is 715 g/mol. The molecule has 0 aliphatic rings. The summed E-state index contributed by atoms with van der Waals surface area (Å²) < 4.78 is 4.88. The zero-order valence-corrected chi connectivity index (χ0v) is 32.2. The van der Waals surface area contributed by atoms with Crippen molar-refractivity contribution in [2.45, 2.75) is 0 Å². The van der Waals surface area contributed by atoms with Crippen LogP contribution < -0.4 is 5.32 Å². The number of hydrogen-bond acceptors (Lipinski definition) is 1. The minimum atomic E-state index is 1.07. The molecule has 0 fully saturated rings. The molecule has 2 aromatic heterocycles. The molecule has 0 atom stereocenters. The van der Waals surface area contributed by atoms with Gasteiger partial charge in [0, 0.05) is 55.2 Å². The Labute approximate surface area is 341 Å².